The van der Waals surface area contributed by atoms with Crippen LogP contribution in [0.15, 0.2) is 48.5 Å². The van der Waals surface area contributed by atoms with Crippen LogP contribution in [0.25, 0.3) is 0 Å². The number of thiocarbonyl (C=S) groups is 1. The summed E-state index contributed by atoms with van der Waals surface area (Å²) < 4.78 is 1.02. The average molecular weight is 433 g/mol. The van der Waals surface area contributed by atoms with Crippen molar-refractivity contribution in [3.8, 4) is 0 Å². The van der Waals surface area contributed by atoms with E-state index in [9.17, 15) is 0 Å². The molecule has 28 heavy (non-hydrogen) atoms. The predicted octanol–water partition coefficient (Wildman–Crippen LogP) is 6.83. The Kier molecular flexibility index (Phi) is 10.2. The minimum absolute atomic E-state index is 0.927. The first-order valence-electron chi connectivity index (χ1n) is 10.1. The van der Waals surface area contributed by atoms with E-state index >= 15 is 0 Å². The lowest BCUT2D eigenvalue weighted by Crippen LogP contribution is -2.23. The summed E-state index contributed by atoms with van der Waals surface area (Å²) in [7, 11) is 0. The molecule has 0 spiro atoms. The molecule has 0 unspecified atom stereocenters. The summed E-state index contributed by atoms with van der Waals surface area (Å²) in [6.45, 7) is 12.9. The van der Waals surface area contributed by atoms with Gasteiger partial charge in [-0.15, -0.1) is 23.5 Å². The molecule has 2 rings (SSSR count). The quantitative estimate of drug-likeness (QED) is 0.378. The van der Waals surface area contributed by atoms with Crippen molar-refractivity contribution in [2.45, 2.75) is 39.2 Å². The Labute approximate surface area is 185 Å². The van der Waals surface area contributed by atoms with Crippen molar-refractivity contribution in [1.29, 1.82) is 0 Å². The lowest BCUT2D eigenvalue weighted by molar-refractivity contribution is 0.861. The van der Waals surface area contributed by atoms with Crippen molar-refractivity contribution < 1.29 is 0 Å². The van der Waals surface area contributed by atoms with E-state index in [4.69, 9.17) is 12.2 Å². The molecule has 2 nitrogen and oxygen atoms in total. The van der Waals surface area contributed by atoms with Crippen molar-refractivity contribution in [2.75, 3.05) is 36.0 Å². The third-order valence-electron chi connectivity index (χ3n) is 4.88. The van der Waals surface area contributed by atoms with Gasteiger partial charge < -0.3 is 9.80 Å². The lowest BCUT2D eigenvalue weighted by atomic mass is 10.2. The average Bonchev–Trinajstić information content (AvgIpc) is 2.74. The molecule has 0 heterocycles. The molecular formula is C23H32N2S3. The molecule has 0 saturated heterocycles. The summed E-state index contributed by atoms with van der Waals surface area (Å²) in [5.74, 6) is 1.85. The van der Waals surface area contributed by atoms with Gasteiger partial charge in [0, 0.05) is 49.1 Å². The SMILES string of the molecule is CCN(CC)c1ccccc1CSC(=S)SCc1ccccc1N(CC)CC. The molecule has 2 aromatic rings. The molecule has 2 aromatic carbocycles. The van der Waals surface area contributed by atoms with Gasteiger partial charge in [-0.1, -0.05) is 48.6 Å². The van der Waals surface area contributed by atoms with Gasteiger partial charge in [-0.2, -0.15) is 0 Å². The van der Waals surface area contributed by atoms with Crippen molar-refractivity contribution in [2.24, 2.45) is 0 Å². The number of benzene rings is 2. The number of thioether (sulfide) groups is 2. The molecule has 0 amide bonds. The summed E-state index contributed by atoms with van der Waals surface area (Å²) >= 11 is 9.24. The molecule has 0 aliphatic heterocycles. The molecular weight excluding hydrogens is 400 g/mol. The Balaban J connectivity index is 1.97. The maximum Gasteiger partial charge on any atom is 0.104 e. The highest BCUT2D eigenvalue weighted by atomic mass is 32.2. The van der Waals surface area contributed by atoms with Crippen molar-refractivity contribution >= 4 is 50.6 Å². The predicted molar refractivity (Wildman–Crippen MR) is 135 cm³/mol. The van der Waals surface area contributed by atoms with E-state index in [0.29, 0.717) is 0 Å². The molecule has 152 valence electrons. The maximum atomic E-state index is 5.68. The van der Waals surface area contributed by atoms with Crippen LogP contribution in [0.1, 0.15) is 38.8 Å². The van der Waals surface area contributed by atoms with Gasteiger partial charge in [0.2, 0.25) is 0 Å². The smallest absolute Gasteiger partial charge is 0.104 e. The third kappa shape index (κ3) is 6.43. The first-order chi connectivity index (χ1) is 13.6. The van der Waals surface area contributed by atoms with Crippen molar-refractivity contribution in [3.05, 3.63) is 59.7 Å². The number of nitrogens with zero attached hydrogens (tertiary/aromatic N) is 2. The van der Waals surface area contributed by atoms with E-state index in [1.807, 2.05) is 0 Å². The highest BCUT2D eigenvalue weighted by molar-refractivity contribution is 8.46. The highest BCUT2D eigenvalue weighted by Gasteiger charge is 2.11. The molecule has 0 atom stereocenters. The van der Waals surface area contributed by atoms with Gasteiger partial charge in [-0.05, 0) is 51.0 Å². The fraction of sp³-hybridized carbons (Fsp3) is 0.435. The van der Waals surface area contributed by atoms with E-state index in [1.165, 1.54) is 22.5 Å². The van der Waals surface area contributed by atoms with Gasteiger partial charge in [-0.25, -0.2) is 0 Å². The molecule has 0 fully saturated rings. The number of anilines is 2. The van der Waals surface area contributed by atoms with Gasteiger partial charge in [0.05, 0.1) is 0 Å². The van der Waals surface area contributed by atoms with Crippen LogP contribution in [0, 0.1) is 0 Å². The summed E-state index contributed by atoms with van der Waals surface area (Å²) in [6, 6.07) is 17.4. The van der Waals surface area contributed by atoms with E-state index in [-0.39, 0.29) is 0 Å². The van der Waals surface area contributed by atoms with Crippen molar-refractivity contribution in [3.63, 3.8) is 0 Å². The molecule has 0 N–H and O–H groups in total. The topological polar surface area (TPSA) is 6.48 Å². The zero-order chi connectivity index (χ0) is 20.4. The fourth-order valence-electron chi connectivity index (χ4n) is 3.33. The first kappa shape index (κ1) is 23.1. The lowest BCUT2D eigenvalue weighted by Gasteiger charge is -2.24. The fourth-order valence-corrected chi connectivity index (χ4v) is 5.40. The molecule has 0 radical (unpaired) electrons. The van der Waals surface area contributed by atoms with E-state index < -0.39 is 0 Å². The van der Waals surface area contributed by atoms with Crippen LogP contribution in [-0.4, -0.2) is 29.7 Å². The first-order valence-corrected chi connectivity index (χ1v) is 12.5. The third-order valence-corrected chi connectivity index (χ3v) is 7.68. The number of rotatable bonds is 10. The summed E-state index contributed by atoms with van der Waals surface area (Å²) in [6.07, 6.45) is 0. The van der Waals surface area contributed by atoms with E-state index in [2.05, 4.69) is 86.0 Å². The standard InChI is InChI=1S/C23H32N2S3/c1-5-24(6-2)21-15-11-9-13-19(21)17-27-23(26)28-18-20-14-10-12-16-22(20)25(7-3)8-4/h9-16H,5-8,17-18H2,1-4H3. The van der Waals surface area contributed by atoms with Crippen LogP contribution >= 0.6 is 35.7 Å². The molecule has 0 aliphatic rings. The summed E-state index contributed by atoms with van der Waals surface area (Å²) in [5, 5.41) is 0. The minimum Gasteiger partial charge on any atom is -0.372 e. The normalized spacial score (nSPS) is 10.7. The number of hydrogen-bond donors (Lipinski definition) is 0. The maximum absolute atomic E-state index is 5.68. The summed E-state index contributed by atoms with van der Waals surface area (Å²) in [4.78, 5) is 4.82. The Morgan fingerprint density at radius 3 is 1.39 bits per heavy atom. The highest BCUT2D eigenvalue weighted by Crippen LogP contribution is 2.31. The minimum atomic E-state index is 0.927. The largest absolute Gasteiger partial charge is 0.372 e. The molecule has 0 bridgehead atoms. The Morgan fingerprint density at radius 1 is 0.679 bits per heavy atom. The van der Waals surface area contributed by atoms with E-state index in [1.54, 1.807) is 23.5 Å². The van der Waals surface area contributed by atoms with Gasteiger partial charge >= 0.3 is 0 Å². The van der Waals surface area contributed by atoms with Gasteiger partial charge in [-0.3, -0.25) is 0 Å². The van der Waals surface area contributed by atoms with Crippen LogP contribution in [0.5, 0.6) is 0 Å². The second-order valence-electron chi connectivity index (χ2n) is 6.43. The Morgan fingerprint density at radius 2 is 1.04 bits per heavy atom. The molecule has 5 heteroatoms. The molecule has 0 saturated carbocycles. The monoisotopic (exact) mass is 432 g/mol. The summed E-state index contributed by atoms with van der Waals surface area (Å²) in [5.41, 5.74) is 5.39. The second-order valence-corrected chi connectivity index (χ2v) is 9.58. The van der Waals surface area contributed by atoms with E-state index in [0.717, 1.165) is 41.2 Å². The van der Waals surface area contributed by atoms with Crippen molar-refractivity contribution in [1.82, 2.24) is 0 Å². The zero-order valence-corrected chi connectivity index (χ0v) is 19.9. The number of para-hydroxylation sites is 2. The van der Waals surface area contributed by atoms with Crippen LogP contribution in [0.4, 0.5) is 11.4 Å². The van der Waals surface area contributed by atoms with Gasteiger partial charge in [0.15, 0.2) is 0 Å². The second kappa shape index (κ2) is 12.4. The zero-order valence-electron chi connectivity index (χ0n) is 17.5. The van der Waals surface area contributed by atoms with Crippen LogP contribution < -0.4 is 9.80 Å². The van der Waals surface area contributed by atoms with Gasteiger partial charge in [0.1, 0.15) is 3.53 Å². The van der Waals surface area contributed by atoms with Crippen LogP contribution in [-0.2, 0) is 11.5 Å². The van der Waals surface area contributed by atoms with Gasteiger partial charge in [0.25, 0.3) is 0 Å². The van der Waals surface area contributed by atoms with Crippen LogP contribution in [0.2, 0.25) is 0 Å². The Hall–Kier alpha value is -1.17. The van der Waals surface area contributed by atoms with Crippen LogP contribution in [0.3, 0.4) is 0 Å². The number of hydrogen-bond acceptors (Lipinski definition) is 5. The molecule has 0 aliphatic carbocycles. The Bertz CT molecular complexity index is 679. The molecule has 0 aromatic heterocycles.